The number of rotatable bonds is 9. The number of sulfonamides is 1. The van der Waals surface area contributed by atoms with Crippen LogP contribution in [-0.2, 0) is 21.3 Å². The third-order valence-electron chi connectivity index (χ3n) is 3.64. The number of nitrogens with one attached hydrogen (secondary N) is 2. The highest BCUT2D eigenvalue weighted by Crippen LogP contribution is 2.28. The highest BCUT2D eigenvalue weighted by molar-refractivity contribution is 7.89. The van der Waals surface area contributed by atoms with E-state index in [2.05, 4.69) is 10.0 Å². The average Bonchev–Trinajstić information content (AvgIpc) is 3.25. The van der Waals surface area contributed by atoms with Crippen LogP contribution in [0.1, 0.15) is 24.0 Å². The number of hydrogen-bond acceptors (Lipinski definition) is 4. The lowest BCUT2D eigenvalue weighted by Gasteiger charge is -2.12. The number of benzene rings is 1. The van der Waals surface area contributed by atoms with Gasteiger partial charge in [0.2, 0.25) is 10.0 Å². The maximum atomic E-state index is 12.3. The zero-order valence-corrected chi connectivity index (χ0v) is 13.5. The van der Waals surface area contributed by atoms with E-state index in [0.29, 0.717) is 30.5 Å². The number of ether oxygens (including phenoxy) is 1. The Morgan fingerprint density at radius 3 is 2.76 bits per heavy atom. The lowest BCUT2D eigenvalue weighted by atomic mass is 10.1. The molecule has 0 bridgehead atoms. The Morgan fingerprint density at radius 1 is 1.33 bits per heavy atom. The van der Waals surface area contributed by atoms with Gasteiger partial charge in [-0.15, -0.1) is 0 Å². The first-order valence-corrected chi connectivity index (χ1v) is 8.83. The van der Waals surface area contributed by atoms with Crippen molar-refractivity contribution < 1.29 is 13.2 Å². The molecule has 21 heavy (non-hydrogen) atoms. The van der Waals surface area contributed by atoms with Gasteiger partial charge in [-0.2, -0.15) is 0 Å². The Labute approximate surface area is 127 Å². The van der Waals surface area contributed by atoms with Crippen molar-refractivity contribution in [2.24, 2.45) is 5.92 Å². The molecule has 0 amide bonds. The molecule has 0 spiro atoms. The van der Waals surface area contributed by atoms with Crippen molar-refractivity contribution in [1.29, 1.82) is 0 Å². The largest absolute Gasteiger partial charge is 0.380 e. The Morgan fingerprint density at radius 2 is 2.10 bits per heavy atom. The van der Waals surface area contributed by atoms with Crippen LogP contribution in [0.15, 0.2) is 23.1 Å². The van der Waals surface area contributed by atoms with Crippen molar-refractivity contribution in [3.8, 4) is 0 Å². The van der Waals surface area contributed by atoms with E-state index in [1.165, 1.54) is 12.8 Å². The third-order valence-corrected chi connectivity index (χ3v) is 5.25. The third kappa shape index (κ3) is 4.78. The molecule has 0 aliphatic heterocycles. The predicted octanol–water partition coefficient (Wildman–Crippen LogP) is 1.42. The van der Waals surface area contributed by atoms with Gasteiger partial charge in [-0.05, 0) is 49.9 Å². The van der Waals surface area contributed by atoms with Gasteiger partial charge in [-0.25, -0.2) is 13.1 Å². The number of hydrogen-bond donors (Lipinski definition) is 2. The summed E-state index contributed by atoms with van der Waals surface area (Å²) in [6.07, 6.45) is 2.48. The molecule has 1 aromatic carbocycles. The van der Waals surface area contributed by atoms with E-state index in [4.69, 9.17) is 4.74 Å². The average molecular weight is 312 g/mol. The van der Waals surface area contributed by atoms with Gasteiger partial charge in [-0.1, -0.05) is 12.1 Å². The summed E-state index contributed by atoms with van der Waals surface area (Å²) in [6, 6.07) is 5.35. The summed E-state index contributed by atoms with van der Waals surface area (Å²) in [5, 5.41) is 3.04. The Hall–Kier alpha value is -0.950. The SMILES string of the molecule is CNCc1cccc(S(=O)(=O)NCCOCC2CC2)c1C. The first kappa shape index (κ1) is 16.4. The van der Waals surface area contributed by atoms with E-state index in [1.54, 1.807) is 12.1 Å². The Bertz CT molecular complexity index is 568. The molecule has 0 aromatic heterocycles. The van der Waals surface area contributed by atoms with Crippen molar-refractivity contribution in [3.05, 3.63) is 29.3 Å². The summed E-state index contributed by atoms with van der Waals surface area (Å²) >= 11 is 0. The van der Waals surface area contributed by atoms with E-state index in [1.807, 2.05) is 20.0 Å². The molecule has 0 radical (unpaired) electrons. The van der Waals surface area contributed by atoms with Crippen LogP contribution >= 0.6 is 0 Å². The zero-order valence-electron chi connectivity index (χ0n) is 12.7. The van der Waals surface area contributed by atoms with Gasteiger partial charge < -0.3 is 10.1 Å². The quantitative estimate of drug-likeness (QED) is 0.677. The standard InChI is InChI=1S/C15H24N2O3S/c1-12-14(10-16-2)4-3-5-15(12)21(18,19)17-8-9-20-11-13-6-7-13/h3-5,13,16-17H,6-11H2,1-2H3. The molecule has 0 atom stereocenters. The monoisotopic (exact) mass is 312 g/mol. The summed E-state index contributed by atoms with van der Waals surface area (Å²) in [4.78, 5) is 0.345. The highest BCUT2D eigenvalue weighted by Gasteiger charge is 2.21. The summed E-state index contributed by atoms with van der Waals surface area (Å²) in [7, 11) is -1.63. The van der Waals surface area contributed by atoms with Gasteiger partial charge >= 0.3 is 0 Å². The highest BCUT2D eigenvalue weighted by atomic mass is 32.2. The van der Waals surface area contributed by atoms with Crippen LogP contribution in [0, 0.1) is 12.8 Å². The summed E-state index contributed by atoms with van der Waals surface area (Å²) in [6.45, 7) is 3.97. The van der Waals surface area contributed by atoms with Gasteiger partial charge in [0.15, 0.2) is 0 Å². The molecule has 1 aliphatic carbocycles. The predicted molar refractivity (Wildman–Crippen MR) is 82.7 cm³/mol. The molecule has 0 saturated heterocycles. The smallest absolute Gasteiger partial charge is 0.240 e. The first-order valence-electron chi connectivity index (χ1n) is 7.35. The van der Waals surface area contributed by atoms with Crippen molar-refractivity contribution in [1.82, 2.24) is 10.0 Å². The van der Waals surface area contributed by atoms with E-state index >= 15 is 0 Å². The van der Waals surface area contributed by atoms with Crippen LogP contribution < -0.4 is 10.0 Å². The molecular weight excluding hydrogens is 288 g/mol. The van der Waals surface area contributed by atoms with Crippen LogP contribution in [-0.4, -0.2) is 35.2 Å². The van der Waals surface area contributed by atoms with Crippen LogP contribution in [0.2, 0.25) is 0 Å². The molecule has 118 valence electrons. The molecule has 2 rings (SSSR count). The Balaban J connectivity index is 1.92. The van der Waals surface area contributed by atoms with Gasteiger partial charge in [-0.3, -0.25) is 0 Å². The lowest BCUT2D eigenvalue weighted by Crippen LogP contribution is -2.28. The molecule has 6 heteroatoms. The minimum absolute atomic E-state index is 0.310. The molecule has 5 nitrogen and oxygen atoms in total. The van der Waals surface area contributed by atoms with Crippen LogP contribution in [0.4, 0.5) is 0 Å². The molecule has 1 aromatic rings. The van der Waals surface area contributed by atoms with E-state index < -0.39 is 10.0 Å². The van der Waals surface area contributed by atoms with E-state index in [-0.39, 0.29) is 0 Å². The molecule has 2 N–H and O–H groups in total. The second-order valence-corrected chi connectivity index (χ2v) is 7.22. The first-order chi connectivity index (χ1) is 10.0. The summed E-state index contributed by atoms with van der Waals surface area (Å²) in [5.41, 5.74) is 1.78. The van der Waals surface area contributed by atoms with Crippen LogP contribution in [0.5, 0.6) is 0 Å². The van der Waals surface area contributed by atoms with Crippen LogP contribution in [0.25, 0.3) is 0 Å². The molecule has 1 fully saturated rings. The van der Waals surface area contributed by atoms with Crippen molar-refractivity contribution in [2.75, 3.05) is 26.8 Å². The van der Waals surface area contributed by atoms with E-state index in [9.17, 15) is 8.42 Å². The molecule has 0 unspecified atom stereocenters. The second kappa shape index (κ2) is 7.35. The second-order valence-electron chi connectivity index (χ2n) is 5.49. The lowest BCUT2D eigenvalue weighted by molar-refractivity contribution is 0.129. The maximum absolute atomic E-state index is 12.3. The van der Waals surface area contributed by atoms with Gasteiger partial charge in [0, 0.05) is 19.7 Å². The fourth-order valence-corrected chi connectivity index (χ4v) is 3.49. The Kier molecular flexibility index (Phi) is 5.75. The summed E-state index contributed by atoms with van der Waals surface area (Å²) in [5.74, 6) is 0.696. The van der Waals surface area contributed by atoms with Gasteiger partial charge in [0.1, 0.15) is 0 Å². The minimum Gasteiger partial charge on any atom is -0.380 e. The van der Waals surface area contributed by atoms with Gasteiger partial charge in [0.05, 0.1) is 11.5 Å². The summed E-state index contributed by atoms with van der Waals surface area (Å²) < 4.78 is 32.7. The van der Waals surface area contributed by atoms with Crippen molar-refractivity contribution in [2.45, 2.75) is 31.2 Å². The molecular formula is C15H24N2O3S. The van der Waals surface area contributed by atoms with Crippen molar-refractivity contribution >= 4 is 10.0 Å². The molecule has 0 heterocycles. The van der Waals surface area contributed by atoms with Gasteiger partial charge in [0.25, 0.3) is 0 Å². The van der Waals surface area contributed by atoms with Crippen LogP contribution in [0.3, 0.4) is 0 Å². The zero-order chi connectivity index (χ0) is 15.3. The van der Waals surface area contributed by atoms with E-state index in [0.717, 1.165) is 17.7 Å². The molecule has 1 aliphatic rings. The normalized spacial score (nSPS) is 15.3. The molecule has 1 saturated carbocycles. The fraction of sp³-hybridized carbons (Fsp3) is 0.600. The topological polar surface area (TPSA) is 67.4 Å². The minimum atomic E-state index is -3.47. The maximum Gasteiger partial charge on any atom is 0.240 e. The fourth-order valence-electron chi connectivity index (χ4n) is 2.19. The van der Waals surface area contributed by atoms with Crippen molar-refractivity contribution in [3.63, 3.8) is 0 Å².